The van der Waals surface area contributed by atoms with Gasteiger partial charge >= 0.3 is 0 Å². The van der Waals surface area contributed by atoms with Crippen molar-refractivity contribution in [2.24, 2.45) is 5.10 Å². The fraction of sp³-hybridized carbons (Fsp3) is 0.143. The first-order valence-corrected chi connectivity index (χ1v) is 11.1. The standard InChI is InChI=1S/C28H26N2O4/c1-2-33-26-17-20(18-29-30-28(32)27(31)22-10-4-3-5-11-22)15-16-25(26)34-19-23-13-8-12-21-9-6-7-14-24(21)23/h3-18,27,31H,2,19H2,1H3,(H,30,32)/b29-18-/t27-/m1/s1. The number of rotatable bonds is 9. The van der Waals surface area contributed by atoms with Gasteiger partial charge < -0.3 is 14.6 Å². The number of aliphatic hydroxyl groups is 1. The van der Waals surface area contributed by atoms with Gasteiger partial charge in [0.25, 0.3) is 5.91 Å². The van der Waals surface area contributed by atoms with Crippen molar-refractivity contribution in [3.05, 3.63) is 108 Å². The van der Waals surface area contributed by atoms with Gasteiger partial charge in [0, 0.05) is 0 Å². The molecule has 0 saturated heterocycles. The molecule has 172 valence electrons. The van der Waals surface area contributed by atoms with E-state index in [1.54, 1.807) is 30.3 Å². The highest BCUT2D eigenvalue weighted by atomic mass is 16.5. The summed E-state index contributed by atoms with van der Waals surface area (Å²) in [5.74, 6) is 0.598. The van der Waals surface area contributed by atoms with Gasteiger partial charge in [-0.15, -0.1) is 0 Å². The van der Waals surface area contributed by atoms with E-state index in [2.05, 4.69) is 34.8 Å². The Morgan fingerprint density at radius 2 is 1.71 bits per heavy atom. The summed E-state index contributed by atoms with van der Waals surface area (Å²) in [7, 11) is 0. The molecule has 0 radical (unpaired) electrons. The Hall–Kier alpha value is -4.16. The molecular weight excluding hydrogens is 428 g/mol. The molecule has 0 aromatic heterocycles. The van der Waals surface area contributed by atoms with E-state index in [1.807, 2.05) is 43.3 Å². The fourth-order valence-electron chi connectivity index (χ4n) is 3.58. The van der Waals surface area contributed by atoms with Crippen LogP contribution in [0.5, 0.6) is 11.5 Å². The van der Waals surface area contributed by atoms with Crippen LogP contribution in [0.25, 0.3) is 10.8 Å². The van der Waals surface area contributed by atoms with Crippen LogP contribution in [0.15, 0.2) is 96.1 Å². The predicted molar refractivity (Wildman–Crippen MR) is 133 cm³/mol. The maximum Gasteiger partial charge on any atom is 0.273 e. The largest absolute Gasteiger partial charge is 0.490 e. The van der Waals surface area contributed by atoms with Gasteiger partial charge in [-0.2, -0.15) is 5.10 Å². The average molecular weight is 455 g/mol. The first-order valence-electron chi connectivity index (χ1n) is 11.1. The van der Waals surface area contributed by atoms with Crippen molar-refractivity contribution in [2.45, 2.75) is 19.6 Å². The zero-order chi connectivity index (χ0) is 23.8. The van der Waals surface area contributed by atoms with E-state index in [4.69, 9.17) is 9.47 Å². The lowest BCUT2D eigenvalue weighted by atomic mass is 10.1. The summed E-state index contributed by atoms with van der Waals surface area (Å²) >= 11 is 0. The number of ether oxygens (including phenoxy) is 2. The van der Waals surface area contributed by atoms with Crippen molar-refractivity contribution in [3.63, 3.8) is 0 Å². The molecule has 0 aliphatic rings. The van der Waals surface area contributed by atoms with Gasteiger partial charge in [-0.3, -0.25) is 4.79 Å². The van der Waals surface area contributed by atoms with E-state index in [0.717, 1.165) is 16.5 Å². The van der Waals surface area contributed by atoms with Gasteiger partial charge in [0.2, 0.25) is 0 Å². The quantitative estimate of drug-likeness (QED) is 0.275. The Labute approximate surface area is 198 Å². The molecule has 0 aliphatic carbocycles. The van der Waals surface area contributed by atoms with Crippen molar-refractivity contribution in [1.29, 1.82) is 0 Å². The Morgan fingerprint density at radius 1 is 0.941 bits per heavy atom. The van der Waals surface area contributed by atoms with Crippen LogP contribution < -0.4 is 14.9 Å². The molecule has 4 aromatic carbocycles. The minimum Gasteiger partial charge on any atom is -0.490 e. The topological polar surface area (TPSA) is 80.2 Å². The summed E-state index contributed by atoms with van der Waals surface area (Å²) in [6.45, 7) is 2.79. The third-order valence-corrected chi connectivity index (χ3v) is 5.28. The minimum atomic E-state index is -1.29. The van der Waals surface area contributed by atoms with Crippen LogP contribution in [0.2, 0.25) is 0 Å². The van der Waals surface area contributed by atoms with Crippen molar-refractivity contribution >= 4 is 22.9 Å². The second-order valence-electron chi connectivity index (χ2n) is 7.61. The first-order chi connectivity index (χ1) is 16.7. The van der Waals surface area contributed by atoms with Gasteiger partial charge in [0.05, 0.1) is 12.8 Å². The van der Waals surface area contributed by atoms with E-state index in [0.29, 0.717) is 30.3 Å². The van der Waals surface area contributed by atoms with Gasteiger partial charge in [0.15, 0.2) is 17.6 Å². The van der Waals surface area contributed by atoms with Crippen LogP contribution in [-0.2, 0) is 11.4 Å². The van der Waals surface area contributed by atoms with Gasteiger partial charge in [-0.1, -0.05) is 72.8 Å². The van der Waals surface area contributed by atoms with Crippen LogP contribution in [0, 0.1) is 0 Å². The third-order valence-electron chi connectivity index (χ3n) is 5.28. The number of nitrogens with zero attached hydrogens (tertiary/aromatic N) is 1. The zero-order valence-corrected chi connectivity index (χ0v) is 18.8. The Kier molecular flexibility index (Phi) is 7.53. The molecule has 4 aromatic rings. The highest BCUT2D eigenvalue weighted by Gasteiger charge is 2.16. The van der Waals surface area contributed by atoms with Crippen LogP contribution in [0.3, 0.4) is 0 Å². The number of aliphatic hydroxyl groups excluding tert-OH is 1. The van der Waals surface area contributed by atoms with Gasteiger partial charge in [-0.05, 0) is 52.6 Å². The maximum absolute atomic E-state index is 12.2. The molecule has 0 spiro atoms. The monoisotopic (exact) mass is 454 g/mol. The zero-order valence-electron chi connectivity index (χ0n) is 18.8. The number of hydrogen-bond acceptors (Lipinski definition) is 5. The van der Waals surface area contributed by atoms with E-state index in [9.17, 15) is 9.90 Å². The summed E-state index contributed by atoms with van der Waals surface area (Å²) in [5.41, 5.74) is 4.68. The molecule has 2 N–H and O–H groups in total. The van der Waals surface area contributed by atoms with Crippen molar-refractivity contribution in [3.8, 4) is 11.5 Å². The number of fused-ring (bicyclic) bond motifs is 1. The van der Waals surface area contributed by atoms with Crippen molar-refractivity contribution in [1.82, 2.24) is 5.43 Å². The second kappa shape index (κ2) is 11.1. The SMILES string of the molecule is CCOc1cc(/C=N\NC(=O)[C@H](O)c2ccccc2)ccc1OCc1cccc2ccccc12. The molecule has 6 nitrogen and oxygen atoms in total. The van der Waals surface area contributed by atoms with E-state index in [1.165, 1.54) is 11.6 Å². The molecule has 0 fully saturated rings. The second-order valence-corrected chi connectivity index (χ2v) is 7.61. The van der Waals surface area contributed by atoms with Crippen molar-refractivity contribution in [2.75, 3.05) is 6.61 Å². The molecule has 0 aliphatic heterocycles. The lowest BCUT2D eigenvalue weighted by Crippen LogP contribution is -2.25. The smallest absolute Gasteiger partial charge is 0.273 e. The number of carbonyl (C=O) groups is 1. The first kappa shape index (κ1) is 23.0. The normalized spacial score (nSPS) is 11.9. The summed E-state index contributed by atoms with van der Waals surface area (Å²) < 4.78 is 11.9. The number of benzene rings is 4. The van der Waals surface area contributed by atoms with Crippen LogP contribution in [0.1, 0.15) is 29.7 Å². The van der Waals surface area contributed by atoms with Gasteiger partial charge in [0.1, 0.15) is 6.61 Å². The predicted octanol–water partition coefficient (Wildman–Crippen LogP) is 5.00. The molecule has 0 unspecified atom stereocenters. The number of amides is 1. The minimum absolute atomic E-state index is 0.405. The lowest BCUT2D eigenvalue weighted by molar-refractivity contribution is -0.129. The highest BCUT2D eigenvalue weighted by molar-refractivity contribution is 5.86. The molecule has 1 atom stereocenters. The van der Waals surface area contributed by atoms with Crippen molar-refractivity contribution < 1.29 is 19.4 Å². The van der Waals surface area contributed by atoms with Crippen LogP contribution in [0.4, 0.5) is 0 Å². The fourth-order valence-corrected chi connectivity index (χ4v) is 3.58. The molecule has 4 rings (SSSR count). The molecule has 34 heavy (non-hydrogen) atoms. The third kappa shape index (κ3) is 5.60. The molecule has 6 heteroatoms. The Bertz CT molecular complexity index is 1280. The Morgan fingerprint density at radius 3 is 2.53 bits per heavy atom. The molecule has 1 amide bonds. The highest BCUT2D eigenvalue weighted by Crippen LogP contribution is 2.30. The van der Waals surface area contributed by atoms with E-state index in [-0.39, 0.29) is 0 Å². The summed E-state index contributed by atoms with van der Waals surface area (Å²) in [4.78, 5) is 12.2. The summed E-state index contributed by atoms with van der Waals surface area (Å²) in [6, 6.07) is 28.5. The maximum atomic E-state index is 12.2. The number of carbonyl (C=O) groups excluding carboxylic acids is 1. The average Bonchev–Trinajstić information content (AvgIpc) is 2.88. The summed E-state index contributed by atoms with van der Waals surface area (Å²) in [6.07, 6.45) is 0.203. The number of hydrazone groups is 1. The number of nitrogens with one attached hydrogen (secondary N) is 1. The van der Waals surface area contributed by atoms with Gasteiger partial charge in [-0.25, -0.2) is 5.43 Å². The molecule has 0 heterocycles. The van der Waals surface area contributed by atoms with E-state index < -0.39 is 12.0 Å². The van der Waals surface area contributed by atoms with E-state index >= 15 is 0 Å². The lowest BCUT2D eigenvalue weighted by Gasteiger charge is -2.14. The molecule has 0 bridgehead atoms. The number of hydrogen-bond donors (Lipinski definition) is 2. The van der Waals surface area contributed by atoms with Crippen LogP contribution >= 0.6 is 0 Å². The Balaban J connectivity index is 1.43. The molecular formula is C28H26N2O4. The van der Waals surface area contributed by atoms with Crippen LogP contribution in [-0.4, -0.2) is 23.8 Å². The summed E-state index contributed by atoms with van der Waals surface area (Å²) in [5, 5.41) is 16.4. The molecule has 0 saturated carbocycles.